The van der Waals surface area contributed by atoms with Gasteiger partial charge in [0.1, 0.15) is 0 Å². The van der Waals surface area contributed by atoms with Crippen molar-refractivity contribution in [1.29, 1.82) is 0 Å². The van der Waals surface area contributed by atoms with Crippen LogP contribution in [0.25, 0.3) is 5.69 Å². The number of ether oxygens (including phenoxy) is 1. The Balaban J connectivity index is 0.00000338. The third kappa shape index (κ3) is 8.18. The fourth-order valence-electron chi connectivity index (χ4n) is 2.38. The fraction of sp³-hybridized carbons (Fsp3) is 0.474. The normalized spacial score (nSPS) is 11.1. The molecule has 0 bridgehead atoms. The first-order chi connectivity index (χ1) is 12.3. The Morgan fingerprint density at radius 3 is 2.73 bits per heavy atom. The van der Waals surface area contributed by atoms with Crippen LogP contribution in [-0.4, -0.2) is 48.6 Å². The molecule has 0 fully saturated rings. The van der Waals surface area contributed by atoms with Crippen LogP contribution in [0.2, 0.25) is 0 Å². The minimum atomic E-state index is 0. The van der Waals surface area contributed by atoms with Crippen LogP contribution in [0.15, 0.2) is 47.7 Å². The number of guanidine groups is 1. The Morgan fingerprint density at radius 1 is 1.19 bits per heavy atom. The smallest absolute Gasteiger partial charge is 0.191 e. The van der Waals surface area contributed by atoms with Crippen LogP contribution in [0.5, 0.6) is 0 Å². The van der Waals surface area contributed by atoms with Gasteiger partial charge < -0.3 is 15.4 Å². The maximum absolute atomic E-state index is 5.33. The molecule has 0 spiro atoms. The lowest BCUT2D eigenvalue weighted by Crippen LogP contribution is -2.38. The zero-order valence-corrected chi connectivity index (χ0v) is 18.0. The molecule has 0 amide bonds. The van der Waals surface area contributed by atoms with Gasteiger partial charge in [-0.05, 0) is 44.4 Å². The van der Waals surface area contributed by atoms with E-state index < -0.39 is 0 Å². The Bertz CT molecular complexity index is 630. The summed E-state index contributed by atoms with van der Waals surface area (Å²) in [6, 6.07) is 10.1. The highest BCUT2D eigenvalue weighted by Gasteiger charge is 2.02. The number of rotatable bonds is 10. The number of para-hydroxylation sites is 1. The number of aliphatic imine (C=N–C) groups is 1. The van der Waals surface area contributed by atoms with Crippen molar-refractivity contribution in [2.75, 3.05) is 32.8 Å². The summed E-state index contributed by atoms with van der Waals surface area (Å²) in [7, 11) is 0. The van der Waals surface area contributed by atoms with Gasteiger partial charge in [0, 0.05) is 39.0 Å². The number of benzene rings is 1. The predicted octanol–water partition coefficient (Wildman–Crippen LogP) is 3.01. The minimum Gasteiger partial charge on any atom is -0.382 e. The molecule has 0 aliphatic rings. The summed E-state index contributed by atoms with van der Waals surface area (Å²) in [5.74, 6) is 0.856. The van der Waals surface area contributed by atoms with Gasteiger partial charge >= 0.3 is 0 Å². The number of hydrogen-bond donors (Lipinski definition) is 2. The van der Waals surface area contributed by atoms with Gasteiger partial charge in [0.2, 0.25) is 0 Å². The monoisotopic (exact) mass is 471 g/mol. The lowest BCUT2D eigenvalue weighted by atomic mass is 10.2. The van der Waals surface area contributed by atoms with E-state index in [1.54, 1.807) is 0 Å². The molecule has 0 atom stereocenters. The van der Waals surface area contributed by atoms with Crippen LogP contribution in [-0.2, 0) is 11.2 Å². The number of hydrogen-bond acceptors (Lipinski definition) is 3. The van der Waals surface area contributed by atoms with Gasteiger partial charge in [-0.2, -0.15) is 5.10 Å². The molecule has 1 aromatic heterocycles. The molecule has 0 unspecified atom stereocenters. The van der Waals surface area contributed by atoms with Gasteiger partial charge in [-0.1, -0.05) is 18.2 Å². The largest absolute Gasteiger partial charge is 0.382 e. The van der Waals surface area contributed by atoms with Gasteiger partial charge in [-0.25, -0.2) is 4.68 Å². The molecule has 0 aliphatic heterocycles. The van der Waals surface area contributed by atoms with E-state index in [0.717, 1.165) is 57.3 Å². The topological polar surface area (TPSA) is 63.5 Å². The van der Waals surface area contributed by atoms with Crippen molar-refractivity contribution < 1.29 is 4.74 Å². The second-order valence-electron chi connectivity index (χ2n) is 5.62. The van der Waals surface area contributed by atoms with E-state index in [1.807, 2.05) is 48.1 Å². The third-order valence-electron chi connectivity index (χ3n) is 3.63. The summed E-state index contributed by atoms with van der Waals surface area (Å²) >= 11 is 0. The van der Waals surface area contributed by atoms with Gasteiger partial charge in [-0.15, -0.1) is 24.0 Å². The summed E-state index contributed by atoms with van der Waals surface area (Å²) in [6.07, 6.45) is 5.83. The molecular weight excluding hydrogens is 441 g/mol. The van der Waals surface area contributed by atoms with E-state index in [9.17, 15) is 0 Å². The van der Waals surface area contributed by atoms with Crippen LogP contribution in [0.1, 0.15) is 25.8 Å². The summed E-state index contributed by atoms with van der Waals surface area (Å²) in [4.78, 5) is 4.56. The summed E-state index contributed by atoms with van der Waals surface area (Å²) < 4.78 is 7.24. The van der Waals surface area contributed by atoms with Gasteiger partial charge in [0.15, 0.2) is 5.96 Å². The Kier molecular flexibility index (Phi) is 11.7. The minimum absolute atomic E-state index is 0. The molecule has 7 heteroatoms. The van der Waals surface area contributed by atoms with E-state index in [-0.39, 0.29) is 24.0 Å². The van der Waals surface area contributed by atoms with E-state index in [1.165, 1.54) is 5.56 Å². The highest BCUT2D eigenvalue weighted by molar-refractivity contribution is 14.0. The van der Waals surface area contributed by atoms with Crippen LogP contribution in [0.4, 0.5) is 0 Å². The molecule has 1 aromatic carbocycles. The zero-order valence-electron chi connectivity index (χ0n) is 15.6. The molecule has 6 nitrogen and oxygen atoms in total. The number of nitrogens with zero attached hydrogens (tertiary/aromatic N) is 3. The molecule has 0 radical (unpaired) electrons. The Morgan fingerprint density at radius 2 is 2.00 bits per heavy atom. The molecule has 2 rings (SSSR count). The van der Waals surface area contributed by atoms with Crippen molar-refractivity contribution in [3.05, 3.63) is 48.3 Å². The van der Waals surface area contributed by atoms with Crippen molar-refractivity contribution in [1.82, 2.24) is 20.4 Å². The molecule has 0 saturated carbocycles. The van der Waals surface area contributed by atoms with Crippen LogP contribution < -0.4 is 10.6 Å². The van der Waals surface area contributed by atoms with Crippen molar-refractivity contribution in [3.63, 3.8) is 0 Å². The molecule has 26 heavy (non-hydrogen) atoms. The number of aromatic nitrogens is 2. The van der Waals surface area contributed by atoms with Crippen molar-refractivity contribution in [2.24, 2.45) is 4.99 Å². The van der Waals surface area contributed by atoms with Crippen molar-refractivity contribution >= 4 is 29.9 Å². The molecular formula is C19H30IN5O. The highest BCUT2D eigenvalue weighted by Crippen LogP contribution is 2.07. The first kappa shape index (κ1) is 22.4. The second kappa shape index (κ2) is 13.6. The van der Waals surface area contributed by atoms with Gasteiger partial charge in [0.25, 0.3) is 0 Å². The molecule has 2 aromatic rings. The Labute approximate surface area is 173 Å². The molecule has 0 saturated heterocycles. The summed E-state index contributed by atoms with van der Waals surface area (Å²) in [5, 5.41) is 11.1. The maximum Gasteiger partial charge on any atom is 0.191 e. The molecule has 1 heterocycles. The quantitative estimate of drug-likeness (QED) is 0.242. The summed E-state index contributed by atoms with van der Waals surface area (Å²) in [6.45, 7) is 8.04. The average Bonchev–Trinajstić information content (AvgIpc) is 3.11. The van der Waals surface area contributed by atoms with Crippen molar-refractivity contribution in [3.8, 4) is 5.69 Å². The van der Waals surface area contributed by atoms with Crippen LogP contribution in [0.3, 0.4) is 0 Å². The lowest BCUT2D eigenvalue weighted by Gasteiger charge is -2.10. The van der Waals surface area contributed by atoms with E-state index in [0.29, 0.717) is 0 Å². The fourth-order valence-corrected chi connectivity index (χ4v) is 2.38. The average molecular weight is 471 g/mol. The van der Waals surface area contributed by atoms with Gasteiger partial charge in [0.05, 0.1) is 11.9 Å². The highest BCUT2D eigenvalue weighted by atomic mass is 127. The lowest BCUT2D eigenvalue weighted by molar-refractivity contribution is 0.146. The van der Waals surface area contributed by atoms with E-state index >= 15 is 0 Å². The summed E-state index contributed by atoms with van der Waals surface area (Å²) in [5.41, 5.74) is 2.27. The van der Waals surface area contributed by atoms with E-state index in [4.69, 9.17) is 4.74 Å². The zero-order chi connectivity index (χ0) is 17.7. The number of nitrogens with one attached hydrogen (secondary N) is 2. The van der Waals surface area contributed by atoms with Crippen LogP contribution >= 0.6 is 24.0 Å². The van der Waals surface area contributed by atoms with E-state index in [2.05, 4.69) is 33.8 Å². The Hall–Kier alpha value is -1.61. The second-order valence-corrected chi connectivity index (χ2v) is 5.62. The van der Waals surface area contributed by atoms with Crippen molar-refractivity contribution in [2.45, 2.75) is 26.7 Å². The number of halogens is 1. The van der Waals surface area contributed by atoms with Crippen LogP contribution in [0, 0.1) is 0 Å². The maximum atomic E-state index is 5.33. The predicted molar refractivity (Wildman–Crippen MR) is 118 cm³/mol. The van der Waals surface area contributed by atoms with Gasteiger partial charge in [-0.3, -0.25) is 4.99 Å². The third-order valence-corrected chi connectivity index (χ3v) is 3.63. The molecule has 2 N–H and O–H groups in total. The molecule has 144 valence electrons. The SMILES string of the molecule is CCNC(=NCCCOCC)NCCc1cnn(-c2ccccc2)c1.I. The molecule has 0 aliphatic carbocycles. The first-order valence-electron chi connectivity index (χ1n) is 9.02. The first-order valence-corrected chi connectivity index (χ1v) is 9.02. The standard InChI is InChI=1S/C19H29N5O.HI/c1-3-20-19(21-12-8-14-25-4-2)22-13-11-17-15-23-24(16-17)18-9-6-5-7-10-18;/h5-7,9-10,15-16H,3-4,8,11-14H2,1-2H3,(H2,20,21,22);1H.